The van der Waals surface area contributed by atoms with Gasteiger partial charge in [0.15, 0.2) is 0 Å². The molecule has 1 aromatic rings. The fourth-order valence-electron chi connectivity index (χ4n) is 1.86. The second-order valence-electron chi connectivity index (χ2n) is 3.61. The zero-order valence-corrected chi connectivity index (χ0v) is 7.59. The van der Waals surface area contributed by atoms with Crippen molar-refractivity contribution in [3.63, 3.8) is 0 Å². The first-order valence-electron chi connectivity index (χ1n) is 4.61. The predicted octanol–water partition coefficient (Wildman–Crippen LogP) is 2.70. The molecule has 0 amide bonds. The fourth-order valence-corrected chi connectivity index (χ4v) is 1.86. The summed E-state index contributed by atoms with van der Waals surface area (Å²) in [4.78, 5) is 2.39. The van der Waals surface area contributed by atoms with Gasteiger partial charge in [0.2, 0.25) is 0 Å². The molecule has 1 aromatic carbocycles. The molecule has 0 fully saturated rings. The number of aryl methyl sites for hydroxylation is 1. The fraction of sp³-hybridized carbons (Fsp3) is 0.500. The molecular formula is C12H19N. The number of benzene rings is 1. The second-order valence-corrected chi connectivity index (χ2v) is 3.61. The van der Waals surface area contributed by atoms with Crippen LogP contribution in [-0.4, -0.2) is 18.5 Å². The Hall–Kier alpha value is -0.820. The number of hydrogen-bond donors (Lipinski definition) is 0. The maximum Gasteiger partial charge on any atom is 0.0233 e. The minimum Gasteiger partial charge on any atom is -0.302 e. The van der Waals surface area contributed by atoms with Crippen molar-refractivity contribution in [2.75, 3.05) is 13.6 Å². The lowest BCUT2D eigenvalue weighted by molar-refractivity contribution is 0.332. The third-order valence-corrected chi connectivity index (χ3v) is 2.54. The van der Waals surface area contributed by atoms with Crippen LogP contribution in [0, 0.1) is 0 Å². The van der Waals surface area contributed by atoms with Crippen molar-refractivity contribution in [2.24, 2.45) is 0 Å². The maximum absolute atomic E-state index is 2.39. The van der Waals surface area contributed by atoms with Gasteiger partial charge in [0.05, 0.1) is 0 Å². The van der Waals surface area contributed by atoms with Crippen molar-refractivity contribution in [2.45, 2.75) is 26.8 Å². The predicted molar refractivity (Wildman–Crippen MR) is 57.8 cm³/mol. The van der Waals surface area contributed by atoms with Crippen LogP contribution in [-0.2, 0) is 13.0 Å². The molecule has 13 heavy (non-hydrogen) atoms. The van der Waals surface area contributed by atoms with E-state index in [1.807, 2.05) is 0 Å². The Bertz CT molecular complexity index is 268. The molecule has 0 bridgehead atoms. The van der Waals surface area contributed by atoms with E-state index in [9.17, 15) is 0 Å². The van der Waals surface area contributed by atoms with Gasteiger partial charge < -0.3 is 4.90 Å². The topological polar surface area (TPSA) is 3.24 Å². The molecule has 0 spiro atoms. The molecule has 0 saturated carbocycles. The number of rotatable bonds is 0. The van der Waals surface area contributed by atoms with Crippen LogP contribution >= 0.6 is 0 Å². The third-order valence-electron chi connectivity index (χ3n) is 2.54. The number of nitrogens with zero attached hydrogens (tertiary/aromatic N) is 1. The number of fused-ring (bicyclic) bond motifs is 1. The highest BCUT2D eigenvalue weighted by molar-refractivity contribution is 5.27. The average Bonchev–Trinajstić information content (AvgIpc) is 2.25. The summed E-state index contributed by atoms with van der Waals surface area (Å²) in [7, 11) is 2.20. The van der Waals surface area contributed by atoms with Crippen LogP contribution in [0.2, 0.25) is 0 Å². The third kappa shape index (κ3) is 2.31. The maximum atomic E-state index is 2.39. The molecule has 1 heterocycles. The van der Waals surface area contributed by atoms with Crippen molar-refractivity contribution >= 4 is 0 Å². The summed E-state index contributed by atoms with van der Waals surface area (Å²) in [6.07, 6.45) is 2.55. The van der Waals surface area contributed by atoms with Crippen LogP contribution in [0.5, 0.6) is 0 Å². The molecule has 1 aliphatic rings. The Labute approximate surface area is 81.4 Å². The lowest BCUT2D eigenvalue weighted by Gasteiger charge is -2.12. The van der Waals surface area contributed by atoms with Gasteiger partial charge >= 0.3 is 0 Å². The Kier molecular flexibility index (Phi) is 3.49. The van der Waals surface area contributed by atoms with E-state index in [0.29, 0.717) is 0 Å². The van der Waals surface area contributed by atoms with E-state index in [-0.39, 0.29) is 7.43 Å². The van der Waals surface area contributed by atoms with E-state index in [1.54, 1.807) is 5.56 Å². The molecule has 0 aliphatic carbocycles. The summed E-state index contributed by atoms with van der Waals surface area (Å²) in [6, 6.07) is 8.79. The van der Waals surface area contributed by atoms with Crippen molar-refractivity contribution in [3.8, 4) is 0 Å². The first-order chi connectivity index (χ1) is 5.86. The molecule has 0 unspecified atom stereocenters. The zero-order chi connectivity index (χ0) is 8.39. The quantitative estimate of drug-likeness (QED) is 0.589. The summed E-state index contributed by atoms with van der Waals surface area (Å²) in [6.45, 7) is 2.35. The van der Waals surface area contributed by atoms with Crippen molar-refractivity contribution in [1.29, 1.82) is 0 Å². The average molecular weight is 177 g/mol. The lowest BCUT2D eigenvalue weighted by atomic mass is 10.0. The van der Waals surface area contributed by atoms with Gasteiger partial charge in [0, 0.05) is 6.54 Å². The van der Waals surface area contributed by atoms with Crippen LogP contribution in [0.25, 0.3) is 0 Å². The highest BCUT2D eigenvalue weighted by Crippen LogP contribution is 2.16. The van der Waals surface area contributed by atoms with Gasteiger partial charge in [-0.3, -0.25) is 0 Å². The van der Waals surface area contributed by atoms with E-state index >= 15 is 0 Å². The molecular weight excluding hydrogens is 158 g/mol. The number of hydrogen-bond acceptors (Lipinski definition) is 1. The molecule has 0 saturated heterocycles. The zero-order valence-electron chi connectivity index (χ0n) is 7.59. The summed E-state index contributed by atoms with van der Waals surface area (Å²) in [5.41, 5.74) is 3.05. The highest BCUT2D eigenvalue weighted by atomic mass is 15.1. The SMILES string of the molecule is C.CN1CCCc2ccccc2C1. The minimum atomic E-state index is 0. The van der Waals surface area contributed by atoms with Crippen molar-refractivity contribution in [3.05, 3.63) is 35.4 Å². The van der Waals surface area contributed by atoms with E-state index in [4.69, 9.17) is 0 Å². The van der Waals surface area contributed by atoms with Crippen molar-refractivity contribution in [1.82, 2.24) is 4.90 Å². The first-order valence-corrected chi connectivity index (χ1v) is 4.61. The highest BCUT2D eigenvalue weighted by Gasteiger charge is 2.09. The Morgan fingerprint density at radius 2 is 1.85 bits per heavy atom. The largest absolute Gasteiger partial charge is 0.302 e. The molecule has 0 radical (unpaired) electrons. The van der Waals surface area contributed by atoms with Gasteiger partial charge in [0.25, 0.3) is 0 Å². The Morgan fingerprint density at radius 1 is 1.15 bits per heavy atom. The summed E-state index contributed by atoms with van der Waals surface area (Å²) < 4.78 is 0. The molecule has 1 aliphatic heterocycles. The standard InChI is InChI=1S/C11H15N.CH4/c1-12-8-4-7-10-5-2-3-6-11(10)9-12;/h2-3,5-6H,4,7-9H2,1H3;1H4. The normalized spacial score (nSPS) is 17.0. The molecule has 2 rings (SSSR count). The molecule has 1 nitrogen and oxygen atoms in total. The molecule has 1 heteroatoms. The van der Waals surface area contributed by atoms with Gasteiger partial charge in [-0.1, -0.05) is 31.7 Å². The summed E-state index contributed by atoms with van der Waals surface area (Å²) in [5, 5.41) is 0. The minimum absolute atomic E-state index is 0. The van der Waals surface area contributed by atoms with Gasteiger partial charge in [-0.05, 0) is 37.6 Å². The van der Waals surface area contributed by atoms with E-state index in [0.717, 1.165) is 6.54 Å². The van der Waals surface area contributed by atoms with E-state index in [2.05, 4.69) is 36.2 Å². The monoisotopic (exact) mass is 177 g/mol. The second kappa shape index (κ2) is 4.43. The van der Waals surface area contributed by atoms with E-state index in [1.165, 1.54) is 24.9 Å². The van der Waals surface area contributed by atoms with Gasteiger partial charge in [-0.2, -0.15) is 0 Å². The van der Waals surface area contributed by atoms with Crippen LogP contribution in [0.15, 0.2) is 24.3 Å². The van der Waals surface area contributed by atoms with E-state index < -0.39 is 0 Å². The van der Waals surface area contributed by atoms with Crippen LogP contribution in [0.1, 0.15) is 25.0 Å². The summed E-state index contributed by atoms with van der Waals surface area (Å²) >= 11 is 0. The molecule has 0 N–H and O–H groups in total. The van der Waals surface area contributed by atoms with Gasteiger partial charge in [0.1, 0.15) is 0 Å². The molecule has 0 aromatic heterocycles. The van der Waals surface area contributed by atoms with Crippen LogP contribution < -0.4 is 0 Å². The molecule has 0 atom stereocenters. The van der Waals surface area contributed by atoms with Crippen LogP contribution in [0.4, 0.5) is 0 Å². The van der Waals surface area contributed by atoms with Gasteiger partial charge in [-0.25, -0.2) is 0 Å². The first kappa shape index (κ1) is 10.3. The van der Waals surface area contributed by atoms with Crippen molar-refractivity contribution < 1.29 is 0 Å². The Morgan fingerprint density at radius 3 is 2.62 bits per heavy atom. The Balaban J connectivity index is 0.000000845. The van der Waals surface area contributed by atoms with Crippen LogP contribution in [0.3, 0.4) is 0 Å². The smallest absolute Gasteiger partial charge is 0.0233 e. The molecule has 72 valence electrons. The summed E-state index contributed by atoms with van der Waals surface area (Å²) in [5.74, 6) is 0. The lowest BCUT2D eigenvalue weighted by Crippen LogP contribution is -2.16. The van der Waals surface area contributed by atoms with Gasteiger partial charge in [-0.15, -0.1) is 0 Å².